The van der Waals surface area contributed by atoms with Crippen molar-refractivity contribution in [2.45, 2.75) is 198 Å². The van der Waals surface area contributed by atoms with Crippen LogP contribution in [0.5, 0.6) is 0 Å². The fourth-order valence-electron chi connectivity index (χ4n) is 8.38. The molecule has 0 amide bonds. The lowest BCUT2D eigenvalue weighted by Gasteiger charge is -2.50. The van der Waals surface area contributed by atoms with E-state index in [-0.39, 0.29) is 0 Å². The first-order valence-corrected chi connectivity index (χ1v) is 20.8. The third kappa shape index (κ3) is 10.9. The van der Waals surface area contributed by atoms with Gasteiger partial charge in [-0.05, 0) is 13.8 Å². The Morgan fingerprint density at radius 2 is 0.687 bits per heavy atom. The Hall–Kier alpha value is -2.14. The summed E-state index contributed by atoms with van der Waals surface area (Å²) in [5, 5.41) is 189. The summed E-state index contributed by atoms with van der Waals surface area (Å²) in [6, 6.07) is 0. The van der Waals surface area contributed by atoms with Crippen LogP contribution in [0.4, 0.5) is 0 Å². The Kier molecular flexibility index (Phi) is 17.9. The average molecular weight is 987 g/mol. The van der Waals surface area contributed by atoms with Gasteiger partial charge in [-0.1, -0.05) is 0 Å². The molecule has 6 heterocycles. The van der Waals surface area contributed by atoms with Crippen molar-refractivity contribution >= 4 is 11.9 Å². The average Bonchev–Trinajstić information content (AvgIpc) is 3.28. The van der Waals surface area contributed by atoms with E-state index in [2.05, 4.69) is 0 Å². The quantitative estimate of drug-likeness (QED) is 0.0768. The molecule has 0 unspecified atom stereocenters. The summed E-state index contributed by atoms with van der Waals surface area (Å²) >= 11 is 0. The minimum Gasteiger partial charge on any atom is -0.479 e. The number of ether oxygens (including phenoxy) is 11. The molecule has 31 heteroatoms. The largest absolute Gasteiger partial charge is 0.479 e. The van der Waals surface area contributed by atoms with Crippen molar-refractivity contribution in [3.63, 3.8) is 0 Å². The van der Waals surface area contributed by atoms with Crippen molar-refractivity contribution < 1.29 is 154 Å². The van der Waals surface area contributed by atoms with Gasteiger partial charge >= 0.3 is 11.9 Å². The summed E-state index contributed by atoms with van der Waals surface area (Å²) < 4.78 is 60.7. The van der Waals surface area contributed by atoms with Gasteiger partial charge in [0.1, 0.15) is 122 Å². The highest BCUT2D eigenvalue weighted by atomic mass is 16.8. The molecule has 0 aromatic carbocycles. The molecule has 6 fully saturated rings. The molecule has 0 aromatic heterocycles. The summed E-state index contributed by atoms with van der Waals surface area (Å²) in [4.78, 5) is 24.8. The molecule has 0 aromatic rings. The van der Waals surface area contributed by atoms with Crippen molar-refractivity contribution in [3.8, 4) is 0 Å². The number of rotatable bonds is 14. The van der Waals surface area contributed by atoms with E-state index in [1.165, 1.54) is 13.8 Å². The SMILES string of the molecule is C[C@@H]1O[C@@H](O[C@@H]2[C@H](O)[C@@H](O)[C@@H](O)O[C@@H]2C(=O)O)[C@H](O[C@H]2O[C@H](C(=O)O)[C@H](O[C@@H]3O[C@@H](C)[C@H](O[C@@H]4O[C@H](CO)[C@H](O)[C@H](O)[C@H]4O)[C@@H](O)[C@H]3O)[C@H](O)[C@H]2O)[C@H](O)[C@H]1O[C@@H]1O[C@H](CO)[C@H](O)[C@H](O)[C@H]1O. The van der Waals surface area contributed by atoms with E-state index in [1.807, 2.05) is 0 Å². The molecule has 31 nitrogen and oxygen atoms in total. The first-order valence-electron chi connectivity index (χ1n) is 20.8. The third-order valence-corrected chi connectivity index (χ3v) is 12.3. The van der Waals surface area contributed by atoms with E-state index in [0.717, 1.165) is 0 Å². The molecular weight excluding hydrogens is 928 g/mol. The van der Waals surface area contributed by atoms with E-state index in [1.54, 1.807) is 0 Å². The highest BCUT2D eigenvalue weighted by Gasteiger charge is 2.59. The fourth-order valence-corrected chi connectivity index (χ4v) is 8.38. The minimum atomic E-state index is -2.42. The molecule has 18 N–H and O–H groups in total. The molecule has 0 aliphatic carbocycles. The standard InChI is InChI=1S/C36H58O31/c1-5-22(62-33-17(47)11(41)9(39)7(3-37)59-33)14(44)19(49)32(57-5)64-25-15(45)20(50)35(67-28(25)30(54)55)66-26-21(51)23(63-34-18(48)12(42)10(40)8(4-38)60-34)6(2)58-36(26)65-24-13(43)16(46)31(56)61-27(24)29(52)53/h5-28,31-51,56H,3-4H2,1-2H3,(H,52,53)(H,54,55)/t5-,6-,7+,8+,9-,10-,11-,12-,13+,14-,15+,16+,17+,18+,19+,20+,21+,22-,23-,24+,25+,26+,27-,28-,31-,32-,33-,34-,35-,36-/m0/s1. The maximum absolute atomic E-state index is 12.7. The van der Waals surface area contributed by atoms with Crippen LogP contribution in [0.15, 0.2) is 0 Å². The van der Waals surface area contributed by atoms with Gasteiger partial charge in [-0.2, -0.15) is 0 Å². The predicted octanol–water partition coefficient (Wildman–Crippen LogP) is -11.9. The summed E-state index contributed by atoms with van der Waals surface area (Å²) in [5.41, 5.74) is 0. The van der Waals surface area contributed by atoms with Crippen LogP contribution < -0.4 is 0 Å². The Morgan fingerprint density at radius 3 is 1.15 bits per heavy atom. The van der Waals surface area contributed by atoms with Crippen LogP contribution in [-0.4, -0.2) is 301 Å². The van der Waals surface area contributed by atoms with Crippen molar-refractivity contribution in [1.82, 2.24) is 0 Å². The van der Waals surface area contributed by atoms with Gasteiger partial charge in [-0.3, -0.25) is 0 Å². The maximum atomic E-state index is 12.7. The summed E-state index contributed by atoms with van der Waals surface area (Å²) in [7, 11) is 0. The Morgan fingerprint density at radius 1 is 0.358 bits per heavy atom. The van der Waals surface area contributed by atoms with Crippen LogP contribution in [-0.2, 0) is 61.7 Å². The summed E-state index contributed by atoms with van der Waals surface area (Å²) in [6.07, 6.45) is -60.2. The predicted molar refractivity (Wildman–Crippen MR) is 197 cm³/mol. The normalized spacial score (nSPS) is 53.2. The molecule has 67 heavy (non-hydrogen) atoms. The van der Waals surface area contributed by atoms with Crippen LogP contribution in [0, 0.1) is 0 Å². The van der Waals surface area contributed by atoms with Gasteiger partial charge < -0.3 is 144 Å². The van der Waals surface area contributed by atoms with Gasteiger partial charge in [0.2, 0.25) is 0 Å². The molecule has 0 radical (unpaired) electrons. The van der Waals surface area contributed by atoms with E-state index in [4.69, 9.17) is 52.1 Å². The number of aliphatic carboxylic acids is 2. The second-order valence-electron chi connectivity index (χ2n) is 16.8. The molecular formula is C36H58O31. The first-order chi connectivity index (χ1) is 31.4. The lowest BCUT2D eigenvalue weighted by molar-refractivity contribution is -0.401. The zero-order valence-corrected chi connectivity index (χ0v) is 35.1. The number of carboxylic acids is 2. The molecule has 30 atom stereocenters. The molecule has 6 aliphatic heterocycles. The van der Waals surface area contributed by atoms with Gasteiger partial charge in [0.25, 0.3) is 0 Å². The second kappa shape index (κ2) is 22.1. The van der Waals surface area contributed by atoms with Crippen molar-refractivity contribution in [2.24, 2.45) is 0 Å². The van der Waals surface area contributed by atoms with Gasteiger partial charge in [-0.25, -0.2) is 9.59 Å². The number of aliphatic hydroxyl groups is 16. The smallest absolute Gasteiger partial charge is 0.335 e. The molecule has 0 saturated carbocycles. The third-order valence-electron chi connectivity index (χ3n) is 12.3. The number of aliphatic hydroxyl groups excluding tert-OH is 16. The highest BCUT2D eigenvalue weighted by Crippen LogP contribution is 2.37. The van der Waals surface area contributed by atoms with Crippen LogP contribution >= 0.6 is 0 Å². The Labute approximate surface area is 376 Å². The van der Waals surface area contributed by atoms with Crippen molar-refractivity contribution in [3.05, 3.63) is 0 Å². The first kappa shape index (κ1) is 54.2. The summed E-state index contributed by atoms with van der Waals surface area (Å²) in [6.45, 7) is 0.715. The number of hydrogen-bond donors (Lipinski definition) is 18. The fraction of sp³-hybridized carbons (Fsp3) is 0.944. The topological polar surface area (TPSA) is 500 Å². The number of carboxylic acid groups (broad SMARTS) is 2. The maximum Gasteiger partial charge on any atom is 0.335 e. The monoisotopic (exact) mass is 986 g/mol. The van der Waals surface area contributed by atoms with Crippen LogP contribution in [0.1, 0.15) is 13.8 Å². The van der Waals surface area contributed by atoms with E-state index < -0.39 is 209 Å². The zero-order valence-electron chi connectivity index (χ0n) is 35.1. The Bertz CT molecular complexity index is 1630. The van der Waals surface area contributed by atoms with Gasteiger partial charge in [0.15, 0.2) is 49.9 Å². The molecule has 6 saturated heterocycles. The van der Waals surface area contributed by atoms with Crippen LogP contribution in [0.25, 0.3) is 0 Å². The lowest BCUT2D eigenvalue weighted by atomic mass is 9.95. The zero-order chi connectivity index (χ0) is 49.7. The minimum absolute atomic E-state index is 0.829. The molecule has 6 aliphatic rings. The van der Waals surface area contributed by atoms with E-state index in [0.29, 0.717) is 0 Å². The van der Waals surface area contributed by atoms with E-state index >= 15 is 0 Å². The molecule has 6 rings (SSSR count). The van der Waals surface area contributed by atoms with Crippen LogP contribution in [0.3, 0.4) is 0 Å². The van der Waals surface area contributed by atoms with Crippen molar-refractivity contribution in [2.75, 3.05) is 13.2 Å². The molecule has 0 bridgehead atoms. The van der Waals surface area contributed by atoms with Crippen molar-refractivity contribution in [1.29, 1.82) is 0 Å². The lowest BCUT2D eigenvalue weighted by Crippen LogP contribution is -2.68. The molecule has 388 valence electrons. The number of hydrogen-bond acceptors (Lipinski definition) is 29. The summed E-state index contributed by atoms with van der Waals surface area (Å²) in [5.74, 6) is -3.78. The Balaban J connectivity index is 1.22. The number of carbonyl (C=O) groups is 2. The highest BCUT2D eigenvalue weighted by molar-refractivity contribution is 5.74. The van der Waals surface area contributed by atoms with Gasteiger partial charge in [0, 0.05) is 0 Å². The van der Waals surface area contributed by atoms with Crippen LogP contribution in [0.2, 0.25) is 0 Å². The molecule has 0 spiro atoms. The van der Waals surface area contributed by atoms with Gasteiger partial charge in [0.05, 0.1) is 25.4 Å². The van der Waals surface area contributed by atoms with E-state index in [9.17, 15) is 102 Å². The van der Waals surface area contributed by atoms with Gasteiger partial charge in [-0.15, -0.1) is 0 Å². The second-order valence-corrected chi connectivity index (χ2v) is 16.8.